The van der Waals surface area contributed by atoms with Gasteiger partial charge in [-0.15, -0.1) is 0 Å². The van der Waals surface area contributed by atoms with Crippen LogP contribution in [0.5, 0.6) is 0 Å². The number of nitrogens with zero attached hydrogens (tertiary/aromatic N) is 1. The summed E-state index contributed by atoms with van der Waals surface area (Å²) < 4.78 is 0. The van der Waals surface area contributed by atoms with Gasteiger partial charge in [0.2, 0.25) is 5.91 Å². The predicted molar refractivity (Wildman–Crippen MR) is 82.6 cm³/mol. The molecule has 2 rings (SSSR count). The molecule has 1 aromatic rings. The number of carbonyl (C=O) groups excluding carboxylic acids is 1. The first-order chi connectivity index (χ1) is 9.49. The van der Waals surface area contributed by atoms with E-state index in [1.54, 1.807) is 0 Å². The first-order valence-electron chi connectivity index (χ1n) is 7.25. The van der Waals surface area contributed by atoms with Crippen LogP contribution in [0.25, 0.3) is 0 Å². The standard InChI is InChI=1S/C16H23ClN2O/c1-11(12-6-8-14(17)9-7-12)19(2)16(20)10-13-4-3-5-15(13)18/h6-9,11,13,15H,3-5,10,18H2,1-2H3/t11?,13-,15+/m0/s1. The van der Waals surface area contributed by atoms with Crippen LogP contribution >= 0.6 is 11.6 Å². The molecule has 1 aromatic carbocycles. The Kier molecular flexibility index (Phi) is 5.06. The third kappa shape index (κ3) is 3.53. The van der Waals surface area contributed by atoms with Crippen molar-refractivity contribution in [3.05, 3.63) is 34.9 Å². The maximum absolute atomic E-state index is 12.4. The molecule has 1 amide bonds. The van der Waals surface area contributed by atoms with E-state index in [9.17, 15) is 4.79 Å². The number of carbonyl (C=O) groups is 1. The van der Waals surface area contributed by atoms with E-state index < -0.39 is 0 Å². The lowest BCUT2D eigenvalue weighted by molar-refractivity contribution is -0.132. The van der Waals surface area contributed by atoms with Crippen LogP contribution in [0.2, 0.25) is 5.02 Å². The van der Waals surface area contributed by atoms with E-state index in [0.29, 0.717) is 17.4 Å². The Hall–Kier alpha value is -1.06. The molecule has 2 N–H and O–H groups in total. The average Bonchev–Trinajstić information content (AvgIpc) is 2.83. The summed E-state index contributed by atoms with van der Waals surface area (Å²) in [6.45, 7) is 2.04. The fourth-order valence-corrected chi connectivity index (χ4v) is 2.99. The van der Waals surface area contributed by atoms with Crippen molar-refractivity contribution in [3.8, 4) is 0 Å². The molecule has 4 heteroatoms. The van der Waals surface area contributed by atoms with Crippen LogP contribution in [0.4, 0.5) is 0 Å². The SMILES string of the molecule is CC(c1ccc(Cl)cc1)N(C)C(=O)C[C@@H]1CCC[C@H]1N. The van der Waals surface area contributed by atoms with Crippen molar-refractivity contribution in [2.45, 2.75) is 44.7 Å². The maximum atomic E-state index is 12.4. The van der Waals surface area contributed by atoms with E-state index >= 15 is 0 Å². The smallest absolute Gasteiger partial charge is 0.223 e. The molecule has 1 unspecified atom stereocenters. The summed E-state index contributed by atoms with van der Waals surface area (Å²) in [4.78, 5) is 14.2. The second-order valence-electron chi connectivity index (χ2n) is 5.79. The maximum Gasteiger partial charge on any atom is 0.223 e. The second kappa shape index (κ2) is 6.59. The molecule has 3 nitrogen and oxygen atoms in total. The van der Waals surface area contributed by atoms with Gasteiger partial charge in [-0.1, -0.05) is 30.2 Å². The van der Waals surface area contributed by atoms with E-state index in [1.807, 2.05) is 43.1 Å². The van der Waals surface area contributed by atoms with Crippen LogP contribution in [0, 0.1) is 5.92 Å². The number of halogens is 1. The lowest BCUT2D eigenvalue weighted by atomic mass is 9.98. The fraction of sp³-hybridized carbons (Fsp3) is 0.562. The molecule has 1 fully saturated rings. The first kappa shape index (κ1) is 15.3. The molecule has 1 aliphatic carbocycles. The summed E-state index contributed by atoms with van der Waals surface area (Å²) in [5, 5.41) is 0.715. The van der Waals surface area contributed by atoms with Crippen LogP contribution in [0.15, 0.2) is 24.3 Å². The first-order valence-corrected chi connectivity index (χ1v) is 7.63. The van der Waals surface area contributed by atoms with Gasteiger partial charge in [0, 0.05) is 24.5 Å². The number of hydrogen-bond acceptors (Lipinski definition) is 2. The van der Waals surface area contributed by atoms with Gasteiger partial charge in [-0.05, 0) is 43.4 Å². The Morgan fingerprint density at radius 2 is 2.05 bits per heavy atom. The third-order valence-corrected chi connectivity index (χ3v) is 4.73. The molecule has 1 saturated carbocycles. The van der Waals surface area contributed by atoms with Gasteiger partial charge in [-0.2, -0.15) is 0 Å². The minimum absolute atomic E-state index is 0.0531. The van der Waals surface area contributed by atoms with E-state index in [1.165, 1.54) is 0 Å². The summed E-state index contributed by atoms with van der Waals surface area (Å²) in [5.74, 6) is 0.525. The van der Waals surface area contributed by atoms with Crippen molar-refractivity contribution < 1.29 is 4.79 Å². The molecule has 110 valence electrons. The van der Waals surface area contributed by atoms with Crippen LogP contribution < -0.4 is 5.73 Å². The van der Waals surface area contributed by atoms with Crippen LogP contribution in [0.1, 0.15) is 44.2 Å². The fourth-order valence-electron chi connectivity index (χ4n) is 2.87. The van der Waals surface area contributed by atoms with Crippen molar-refractivity contribution in [1.29, 1.82) is 0 Å². The highest BCUT2D eigenvalue weighted by Crippen LogP contribution is 2.29. The van der Waals surface area contributed by atoms with Crippen LogP contribution in [-0.2, 0) is 4.79 Å². The lowest BCUT2D eigenvalue weighted by Crippen LogP contribution is -2.34. The highest BCUT2D eigenvalue weighted by atomic mass is 35.5. The summed E-state index contributed by atoms with van der Waals surface area (Å²) in [7, 11) is 1.86. The van der Waals surface area contributed by atoms with Gasteiger partial charge in [-0.3, -0.25) is 4.79 Å². The summed E-state index contributed by atoms with van der Waals surface area (Å²) in [6.07, 6.45) is 3.84. The Labute approximate surface area is 126 Å². The molecule has 3 atom stereocenters. The normalized spacial score (nSPS) is 23.6. The quantitative estimate of drug-likeness (QED) is 0.925. The Bertz CT molecular complexity index is 460. The minimum atomic E-state index is 0.0531. The molecule has 0 spiro atoms. The molecular weight excluding hydrogens is 272 g/mol. The Morgan fingerprint density at radius 3 is 2.60 bits per heavy atom. The van der Waals surface area contributed by atoms with Crippen LogP contribution in [0.3, 0.4) is 0 Å². The van der Waals surface area contributed by atoms with E-state index in [2.05, 4.69) is 0 Å². The Balaban J connectivity index is 1.97. The second-order valence-corrected chi connectivity index (χ2v) is 6.23. The highest BCUT2D eigenvalue weighted by Gasteiger charge is 2.28. The largest absolute Gasteiger partial charge is 0.339 e. The van der Waals surface area contributed by atoms with Crippen molar-refractivity contribution >= 4 is 17.5 Å². The predicted octanol–water partition coefficient (Wildman–Crippen LogP) is 3.38. The topological polar surface area (TPSA) is 46.3 Å². The van der Waals surface area contributed by atoms with Crippen molar-refractivity contribution in [2.24, 2.45) is 11.7 Å². The van der Waals surface area contributed by atoms with Crippen molar-refractivity contribution in [3.63, 3.8) is 0 Å². The summed E-state index contributed by atoms with van der Waals surface area (Å²) in [5.41, 5.74) is 7.14. The molecule has 0 aliphatic heterocycles. The van der Waals surface area contributed by atoms with Gasteiger partial charge in [0.25, 0.3) is 0 Å². The summed E-state index contributed by atoms with van der Waals surface area (Å²) >= 11 is 5.89. The summed E-state index contributed by atoms with van der Waals surface area (Å²) in [6, 6.07) is 7.91. The minimum Gasteiger partial charge on any atom is -0.339 e. The van der Waals surface area contributed by atoms with Crippen LogP contribution in [-0.4, -0.2) is 23.9 Å². The number of benzene rings is 1. The zero-order chi connectivity index (χ0) is 14.7. The third-order valence-electron chi connectivity index (χ3n) is 4.48. The molecule has 0 bridgehead atoms. The molecule has 0 heterocycles. The molecule has 0 aromatic heterocycles. The van der Waals surface area contributed by atoms with Gasteiger partial charge in [0.05, 0.1) is 6.04 Å². The van der Waals surface area contributed by atoms with E-state index in [4.69, 9.17) is 17.3 Å². The highest BCUT2D eigenvalue weighted by molar-refractivity contribution is 6.30. The number of rotatable bonds is 4. The van der Waals surface area contributed by atoms with Crippen molar-refractivity contribution in [2.75, 3.05) is 7.05 Å². The molecule has 1 aliphatic rings. The number of amides is 1. The zero-order valence-electron chi connectivity index (χ0n) is 12.2. The number of nitrogens with two attached hydrogens (primary N) is 1. The monoisotopic (exact) mass is 294 g/mol. The average molecular weight is 295 g/mol. The van der Waals surface area contributed by atoms with E-state index in [-0.39, 0.29) is 18.0 Å². The molecular formula is C16H23ClN2O. The van der Waals surface area contributed by atoms with E-state index in [0.717, 1.165) is 24.8 Å². The van der Waals surface area contributed by atoms with Gasteiger partial charge in [0.15, 0.2) is 0 Å². The molecule has 0 radical (unpaired) electrons. The van der Waals surface area contributed by atoms with Gasteiger partial charge in [-0.25, -0.2) is 0 Å². The molecule has 20 heavy (non-hydrogen) atoms. The van der Waals surface area contributed by atoms with Gasteiger partial charge >= 0.3 is 0 Å². The zero-order valence-corrected chi connectivity index (χ0v) is 12.9. The van der Waals surface area contributed by atoms with Crippen molar-refractivity contribution in [1.82, 2.24) is 4.90 Å². The number of hydrogen-bond donors (Lipinski definition) is 1. The lowest BCUT2D eigenvalue weighted by Gasteiger charge is -2.27. The van der Waals surface area contributed by atoms with Gasteiger partial charge in [0.1, 0.15) is 0 Å². The Morgan fingerprint density at radius 1 is 1.40 bits per heavy atom. The molecule has 0 saturated heterocycles. The van der Waals surface area contributed by atoms with Gasteiger partial charge < -0.3 is 10.6 Å².